The van der Waals surface area contributed by atoms with Gasteiger partial charge in [-0.15, -0.1) is 0 Å². The molecule has 0 atom stereocenters. The molecule has 0 aliphatic carbocycles. The summed E-state index contributed by atoms with van der Waals surface area (Å²) in [6.45, 7) is 4.62. The Bertz CT molecular complexity index is 958. The average molecular weight is 429 g/mol. The third kappa shape index (κ3) is 5.33. The van der Waals surface area contributed by atoms with Crippen LogP contribution in [0.3, 0.4) is 0 Å². The molecule has 0 N–H and O–H groups in total. The van der Waals surface area contributed by atoms with Gasteiger partial charge in [0.15, 0.2) is 0 Å². The summed E-state index contributed by atoms with van der Waals surface area (Å²) in [7, 11) is 1.85. The molecule has 0 bridgehead atoms. The van der Waals surface area contributed by atoms with Crippen LogP contribution in [0.1, 0.15) is 11.4 Å². The summed E-state index contributed by atoms with van der Waals surface area (Å²) in [4.78, 5) is 26.2. The number of carbonyl (C=O) groups is 1. The van der Waals surface area contributed by atoms with Gasteiger partial charge in [-0.3, -0.25) is 9.69 Å². The van der Waals surface area contributed by atoms with Gasteiger partial charge in [0.1, 0.15) is 10.9 Å². The predicted octanol–water partition coefficient (Wildman–Crippen LogP) is 3.27. The Kier molecular flexibility index (Phi) is 6.76. The number of benzene rings is 1. The van der Waals surface area contributed by atoms with Crippen LogP contribution in [0.5, 0.6) is 0 Å². The molecule has 3 heterocycles. The molecule has 3 aromatic rings. The molecule has 2 aromatic heterocycles. The molecule has 1 aromatic carbocycles. The lowest BCUT2D eigenvalue weighted by Crippen LogP contribution is -2.36. The number of nitrogens with zero attached hydrogens (tertiary/aromatic N) is 4. The van der Waals surface area contributed by atoms with Crippen molar-refractivity contribution in [3.63, 3.8) is 0 Å². The van der Waals surface area contributed by atoms with Crippen LogP contribution in [0.15, 0.2) is 46.1 Å². The minimum Gasteiger partial charge on any atom is -0.379 e. The molecule has 1 amide bonds. The molecule has 1 aliphatic rings. The summed E-state index contributed by atoms with van der Waals surface area (Å²) in [6, 6.07) is 10.1. The van der Waals surface area contributed by atoms with E-state index in [9.17, 15) is 4.79 Å². The van der Waals surface area contributed by atoms with E-state index in [0.29, 0.717) is 18.8 Å². The zero-order valence-corrected chi connectivity index (χ0v) is 18.0. The monoisotopic (exact) mass is 428 g/mol. The number of hydrogen-bond acceptors (Lipinski definition) is 7. The molecule has 8 heteroatoms. The van der Waals surface area contributed by atoms with E-state index in [1.165, 1.54) is 11.8 Å². The van der Waals surface area contributed by atoms with Crippen LogP contribution >= 0.6 is 23.1 Å². The number of rotatable bonds is 7. The first kappa shape index (κ1) is 20.3. The zero-order valence-electron chi connectivity index (χ0n) is 16.4. The molecule has 0 unspecified atom stereocenters. The van der Waals surface area contributed by atoms with Crippen molar-refractivity contribution < 1.29 is 9.53 Å². The highest BCUT2D eigenvalue weighted by Crippen LogP contribution is 2.26. The fraction of sp³-hybridized carbons (Fsp3) is 0.381. The average Bonchev–Trinajstić information content (AvgIpc) is 3.25. The third-order valence-electron chi connectivity index (χ3n) is 4.84. The number of para-hydroxylation sites is 1. The minimum atomic E-state index is 0.0959. The SMILES string of the molecule is CN(Cc1ccsc1)C(=O)CSc1nc(CN2CCOCC2)nc2ccccc12. The Labute approximate surface area is 178 Å². The Morgan fingerprint density at radius 2 is 2.07 bits per heavy atom. The fourth-order valence-electron chi connectivity index (χ4n) is 3.22. The van der Waals surface area contributed by atoms with Crippen molar-refractivity contribution in [1.82, 2.24) is 19.8 Å². The maximum Gasteiger partial charge on any atom is 0.233 e. The topological polar surface area (TPSA) is 58.6 Å². The van der Waals surface area contributed by atoms with Gasteiger partial charge in [0.05, 0.1) is 31.0 Å². The summed E-state index contributed by atoms with van der Waals surface area (Å²) in [5.41, 5.74) is 2.09. The number of fused-ring (bicyclic) bond motifs is 1. The summed E-state index contributed by atoms with van der Waals surface area (Å²) in [5.74, 6) is 1.25. The van der Waals surface area contributed by atoms with Crippen LogP contribution in [0.4, 0.5) is 0 Å². The number of aromatic nitrogens is 2. The molecule has 1 aliphatic heterocycles. The molecule has 0 saturated carbocycles. The Morgan fingerprint density at radius 3 is 2.86 bits per heavy atom. The lowest BCUT2D eigenvalue weighted by Gasteiger charge is -2.26. The van der Waals surface area contributed by atoms with Gasteiger partial charge in [0.2, 0.25) is 5.91 Å². The van der Waals surface area contributed by atoms with Crippen molar-refractivity contribution in [3.8, 4) is 0 Å². The van der Waals surface area contributed by atoms with E-state index in [4.69, 9.17) is 14.7 Å². The third-order valence-corrected chi connectivity index (χ3v) is 6.55. The first-order valence-corrected chi connectivity index (χ1v) is 11.6. The normalized spacial score (nSPS) is 14.9. The van der Waals surface area contributed by atoms with E-state index in [1.54, 1.807) is 16.2 Å². The van der Waals surface area contributed by atoms with Crippen LogP contribution in [0.2, 0.25) is 0 Å². The van der Waals surface area contributed by atoms with E-state index < -0.39 is 0 Å². The van der Waals surface area contributed by atoms with Crippen molar-refractivity contribution in [2.24, 2.45) is 0 Å². The first-order valence-electron chi connectivity index (χ1n) is 9.62. The van der Waals surface area contributed by atoms with Gasteiger partial charge >= 0.3 is 0 Å². The van der Waals surface area contributed by atoms with Gasteiger partial charge in [-0.25, -0.2) is 9.97 Å². The fourth-order valence-corrected chi connectivity index (χ4v) is 4.86. The molecule has 29 heavy (non-hydrogen) atoms. The lowest BCUT2D eigenvalue weighted by molar-refractivity contribution is -0.127. The molecule has 1 saturated heterocycles. The summed E-state index contributed by atoms with van der Waals surface area (Å²) < 4.78 is 5.43. The van der Waals surface area contributed by atoms with Crippen molar-refractivity contribution in [2.45, 2.75) is 18.1 Å². The molecule has 1 fully saturated rings. The van der Waals surface area contributed by atoms with Crippen LogP contribution in [0.25, 0.3) is 10.9 Å². The molecular weight excluding hydrogens is 404 g/mol. The highest BCUT2D eigenvalue weighted by Gasteiger charge is 2.16. The molecule has 152 valence electrons. The van der Waals surface area contributed by atoms with Crippen LogP contribution < -0.4 is 0 Å². The van der Waals surface area contributed by atoms with E-state index in [2.05, 4.69) is 16.3 Å². The van der Waals surface area contributed by atoms with Gasteiger partial charge in [0.25, 0.3) is 0 Å². The Morgan fingerprint density at radius 1 is 1.24 bits per heavy atom. The minimum absolute atomic E-state index is 0.0959. The number of thiophene rings is 1. The molecule has 6 nitrogen and oxygen atoms in total. The smallest absolute Gasteiger partial charge is 0.233 e. The van der Waals surface area contributed by atoms with Crippen LogP contribution in [0, 0.1) is 0 Å². The number of morpholine rings is 1. The van der Waals surface area contributed by atoms with Crippen molar-refractivity contribution in [2.75, 3.05) is 39.1 Å². The molecule has 0 spiro atoms. The number of carbonyl (C=O) groups excluding carboxylic acids is 1. The summed E-state index contributed by atoms with van der Waals surface area (Å²) >= 11 is 3.14. The Balaban J connectivity index is 1.47. The maximum atomic E-state index is 12.6. The second-order valence-corrected chi connectivity index (χ2v) is 8.76. The zero-order chi connectivity index (χ0) is 20.1. The van der Waals surface area contributed by atoms with Gasteiger partial charge in [0, 0.05) is 32.1 Å². The number of amides is 1. The first-order chi connectivity index (χ1) is 14.2. The van der Waals surface area contributed by atoms with E-state index >= 15 is 0 Å². The largest absolute Gasteiger partial charge is 0.379 e. The standard InChI is InChI=1S/C21H24N4O2S2/c1-24(12-16-6-11-28-14-16)20(26)15-29-21-17-4-2-3-5-18(17)22-19(23-21)13-25-7-9-27-10-8-25/h2-6,11,14H,7-10,12-13,15H2,1H3. The molecule has 4 rings (SSSR count). The van der Waals surface area contributed by atoms with Crippen molar-refractivity contribution >= 4 is 39.9 Å². The number of hydrogen-bond donors (Lipinski definition) is 0. The summed E-state index contributed by atoms with van der Waals surface area (Å²) in [5, 5.41) is 5.98. The van der Waals surface area contributed by atoms with Crippen molar-refractivity contribution in [3.05, 3.63) is 52.5 Å². The van der Waals surface area contributed by atoms with Crippen LogP contribution in [-0.2, 0) is 22.6 Å². The van der Waals surface area contributed by atoms with Gasteiger partial charge in [-0.1, -0.05) is 30.0 Å². The second-order valence-electron chi connectivity index (χ2n) is 7.02. The van der Waals surface area contributed by atoms with E-state index in [1.807, 2.05) is 36.7 Å². The van der Waals surface area contributed by atoms with E-state index in [-0.39, 0.29) is 5.91 Å². The number of ether oxygens (including phenoxy) is 1. The lowest BCUT2D eigenvalue weighted by atomic mass is 10.2. The molecule has 0 radical (unpaired) electrons. The highest BCUT2D eigenvalue weighted by molar-refractivity contribution is 8.00. The summed E-state index contributed by atoms with van der Waals surface area (Å²) in [6.07, 6.45) is 0. The van der Waals surface area contributed by atoms with E-state index in [0.717, 1.165) is 53.6 Å². The van der Waals surface area contributed by atoms with Crippen LogP contribution in [-0.4, -0.2) is 64.8 Å². The van der Waals surface area contributed by atoms with Gasteiger partial charge in [-0.05, 0) is 28.5 Å². The highest BCUT2D eigenvalue weighted by atomic mass is 32.2. The quantitative estimate of drug-likeness (QED) is 0.425. The second kappa shape index (κ2) is 9.67. The number of thioether (sulfide) groups is 1. The molecular formula is C21H24N4O2S2. The van der Waals surface area contributed by atoms with Gasteiger partial charge in [-0.2, -0.15) is 11.3 Å². The van der Waals surface area contributed by atoms with Gasteiger partial charge < -0.3 is 9.64 Å². The maximum absolute atomic E-state index is 12.6. The predicted molar refractivity (Wildman–Crippen MR) is 117 cm³/mol. The van der Waals surface area contributed by atoms with Crippen molar-refractivity contribution in [1.29, 1.82) is 0 Å². The Hall–Kier alpha value is -2.00.